The van der Waals surface area contributed by atoms with E-state index in [1.165, 1.54) is 0 Å². The van der Waals surface area contributed by atoms with Crippen LogP contribution < -0.4 is 0 Å². The van der Waals surface area contributed by atoms with Crippen molar-refractivity contribution in [1.29, 1.82) is 0 Å². The molecule has 0 heterocycles. The van der Waals surface area contributed by atoms with E-state index in [0.717, 1.165) is 33.0 Å². The van der Waals surface area contributed by atoms with Gasteiger partial charge in [-0.1, -0.05) is 67.6 Å². The first kappa shape index (κ1) is 15.2. The molecule has 0 saturated heterocycles. The van der Waals surface area contributed by atoms with E-state index in [2.05, 4.69) is 0 Å². The van der Waals surface area contributed by atoms with E-state index in [1.54, 1.807) is 6.92 Å². The molecule has 2 heteroatoms. The second-order valence-corrected chi connectivity index (χ2v) is 5.62. The van der Waals surface area contributed by atoms with Crippen LogP contribution in [0.2, 0.25) is 0 Å². The van der Waals surface area contributed by atoms with Crippen LogP contribution in [0.1, 0.15) is 41.0 Å². The van der Waals surface area contributed by atoms with Crippen molar-refractivity contribution in [3.05, 3.63) is 71.8 Å². The summed E-state index contributed by atoms with van der Waals surface area (Å²) in [6.45, 7) is 3.46. The Labute approximate surface area is 135 Å². The number of fused-ring (bicyclic) bond motifs is 1. The summed E-state index contributed by atoms with van der Waals surface area (Å²) in [5, 5.41) is 2.01. The quantitative estimate of drug-likeness (QED) is 0.613. The molecular formula is C21H18O2. The average molecular weight is 302 g/mol. The number of hydrogen-bond donors (Lipinski definition) is 0. The van der Waals surface area contributed by atoms with Crippen LogP contribution in [0.5, 0.6) is 0 Å². The molecule has 0 saturated carbocycles. The van der Waals surface area contributed by atoms with Crippen molar-refractivity contribution >= 4 is 22.3 Å². The van der Waals surface area contributed by atoms with Crippen LogP contribution in [0.4, 0.5) is 0 Å². The second kappa shape index (κ2) is 6.17. The SMILES string of the molecule is CCC(=O)c1ccc(-c2cccc3c(C(C)=O)cccc23)cc1. The summed E-state index contributed by atoms with van der Waals surface area (Å²) >= 11 is 0. The van der Waals surface area contributed by atoms with Crippen LogP contribution in [0, 0.1) is 0 Å². The molecule has 0 atom stereocenters. The highest BCUT2D eigenvalue weighted by Gasteiger charge is 2.10. The minimum atomic E-state index is 0.0663. The number of rotatable bonds is 4. The van der Waals surface area contributed by atoms with Crippen LogP contribution in [0.25, 0.3) is 21.9 Å². The average Bonchev–Trinajstić information content (AvgIpc) is 2.60. The van der Waals surface area contributed by atoms with Gasteiger partial charge in [-0.2, -0.15) is 0 Å². The molecule has 0 radical (unpaired) electrons. The van der Waals surface area contributed by atoms with Crippen LogP contribution >= 0.6 is 0 Å². The Morgan fingerprint density at radius 3 is 2.13 bits per heavy atom. The summed E-state index contributed by atoms with van der Waals surface area (Å²) in [7, 11) is 0. The predicted octanol–water partition coefficient (Wildman–Crippen LogP) is 5.30. The van der Waals surface area contributed by atoms with E-state index in [0.29, 0.717) is 6.42 Å². The van der Waals surface area contributed by atoms with Crippen LogP contribution in [-0.2, 0) is 0 Å². The minimum Gasteiger partial charge on any atom is -0.294 e. The number of hydrogen-bond acceptors (Lipinski definition) is 2. The molecule has 0 fully saturated rings. The normalized spacial score (nSPS) is 10.7. The highest BCUT2D eigenvalue weighted by Crippen LogP contribution is 2.30. The van der Waals surface area contributed by atoms with Crippen molar-refractivity contribution in [3.8, 4) is 11.1 Å². The lowest BCUT2D eigenvalue weighted by Crippen LogP contribution is -1.96. The molecule has 0 bridgehead atoms. The van der Waals surface area contributed by atoms with Crippen molar-refractivity contribution < 1.29 is 9.59 Å². The largest absolute Gasteiger partial charge is 0.294 e. The lowest BCUT2D eigenvalue weighted by molar-refractivity contribution is 0.0986. The van der Waals surface area contributed by atoms with Gasteiger partial charge in [0.15, 0.2) is 11.6 Å². The predicted molar refractivity (Wildman–Crippen MR) is 94.0 cm³/mol. The van der Waals surface area contributed by atoms with Crippen LogP contribution in [0.15, 0.2) is 60.7 Å². The van der Waals surface area contributed by atoms with Crippen molar-refractivity contribution in [2.24, 2.45) is 0 Å². The summed E-state index contributed by atoms with van der Waals surface area (Å²) < 4.78 is 0. The van der Waals surface area contributed by atoms with Gasteiger partial charge in [-0.15, -0.1) is 0 Å². The molecule has 23 heavy (non-hydrogen) atoms. The molecular weight excluding hydrogens is 284 g/mol. The molecule has 0 aliphatic heterocycles. The Hall–Kier alpha value is -2.74. The number of ketones is 2. The first-order valence-corrected chi connectivity index (χ1v) is 7.78. The van der Waals surface area contributed by atoms with Gasteiger partial charge in [-0.05, 0) is 28.8 Å². The third kappa shape index (κ3) is 2.80. The monoisotopic (exact) mass is 302 g/mol. The molecule has 0 unspecified atom stereocenters. The summed E-state index contributed by atoms with van der Waals surface area (Å²) in [4.78, 5) is 23.6. The Bertz CT molecular complexity index is 889. The van der Waals surface area contributed by atoms with Gasteiger partial charge < -0.3 is 0 Å². The molecule has 2 nitrogen and oxygen atoms in total. The van der Waals surface area contributed by atoms with Crippen LogP contribution in [-0.4, -0.2) is 11.6 Å². The number of carbonyl (C=O) groups is 2. The Morgan fingerprint density at radius 2 is 1.48 bits per heavy atom. The van der Waals surface area contributed by atoms with E-state index in [1.807, 2.05) is 67.6 Å². The molecule has 0 aliphatic carbocycles. The zero-order valence-electron chi connectivity index (χ0n) is 13.3. The van der Waals surface area contributed by atoms with Gasteiger partial charge in [0.1, 0.15) is 0 Å². The molecule has 3 aromatic rings. The van der Waals surface area contributed by atoms with E-state index < -0.39 is 0 Å². The van der Waals surface area contributed by atoms with Crippen molar-refractivity contribution in [3.63, 3.8) is 0 Å². The first-order chi connectivity index (χ1) is 11.1. The van der Waals surface area contributed by atoms with Crippen molar-refractivity contribution in [1.82, 2.24) is 0 Å². The van der Waals surface area contributed by atoms with Crippen LogP contribution in [0.3, 0.4) is 0 Å². The fraction of sp³-hybridized carbons (Fsp3) is 0.143. The third-order valence-corrected chi connectivity index (χ3v) is 4.14. The topological polar surface area (TPSA) is 34.1 Å². The lowest BCUT2D eigenvalue weighted by atomic mass is 9.94. The molecule has 3 aromatic carbocycles. The maximum atomic E-state index is 11.8. The molecule has 0 amide bonds. The van der Waals surface area contributed by atoms with Crippen molar-refractivity contribution in [2.75, 3.05) is 0 Å². The van der Waals surface area contributed by atoms with Gasteiger partial charge in [-0.3, -0.25) is 9.59 Å². The van der Waals surface area contributed by atoms with Gasteiger partial charge in [-0.25, -0.2) is 0 Å². The Kier molecular flexibility index (Phi) is 4.07. The highest BCUT2D eigenvalue weighted by atomic mass is 16.1. The third-order valence-electron chi connectivity index (χ3n) is 4.14. The molecule has 114 valence electrons. The molecule has 3 rings (SSSR count). The standard InChI is InChI=1S/C21H18O2/c1-3-21(23)16-12-10-15(11-13-16)18-7-5-8-19-17(14(2)22)6-4-9-20(18)19/h4-13H,3H2,1-2H3. The summed E-state index contributed by atoms with van der Waals surface area (Å²) in [6, 6.07) is 19.5. The molecule has 0 aromatic heterocycles. The van der Waals surface area contributed by atoms with Gasteiger partial charge >= 0.3 is 0 Å². The Balaban J connectivity index is 2.15. The molecule has 0 N–H and O–H groups in total. The summed E-state index contributed by atoms with van der Waals surface area (Å²) in [6.07, 6.45) is 0.510. The highest BCUT2D eigenvalue weighted by molar-refractivity contribution is 6.10. The van der Waals surface area contributed by atoms with Gasteiger partial charge in [0, 0.05) is 17.5 Å². The van der Waals surface area contributed by atoms with Gasteiger partial charge in [0.05, 0.1) is 0 Å². The fourth-order valence-electron chi connectivity index (χ4n) is 2.91. The maximum absolute atomic E-state index is 11.8. The number of carbonyl (C=O) groups excluding carboxylic acids is 2. The first-order valence-electron chi connectivity index (χ1n) is 7.78. The van der Waals surface area contributed by atoms with Gasteiger partial charge in [0.25, 0.3) is 0 Å². The smallest absolute Gasteiger partial charge is 0.162 e. The summed E-state index contributed by atoms with van der Waals surface area (Å²) in [5.41, 5.74) is 3.59. The zero-order chi connectivity index (χ0) is 16.4. The Morgan fingerprint density at radius 1 is 0.826 bits per heavy atom. The van der Waals surface area contributed by atoms with E-state index in [9.17, 15) is 9.59 Å². The minimum absolute atomic E-state index is 0.0663. The molecule has 0 aliphatic rings. The lowest BCUT2D eigenvalue weighted by Gasteiger charge is -2.10. The number of Topliss-reactive ketones (excluding diaryl/α,β-unsaturated/α-hetero) is 2. The zero-order valence-corrected chi connectivity index (χ0v) is 13.3. The van der Waals surface area contributed by atoms with Gasteiger partial charge in [0.2, 0.25) is 0 Å². The van der Waals surface area contributed by atoms with E-state index in [-0.39, 0.29) is 11.6 Å². The van der Waals surface area contributed by atoms with Crippen molar-refractivity contribution in [2.45, 2.75) is 20.3 Å². The fourth-order valence-corrected chi connectivity index (χ4v) is 2.91. The van der Waals surface area contributed by atoms with E-state index in [4.69, 9.17) is 0 Å². The second-order valence-electron chi connectivity index (χ2n) is 5.62. The summed E-state index contributed by atoms with van der Waals surface area (Å²) in [5.74, 6) is 0.213. The molecule has 0 spiro atoms. The maximum Gasteiger partial charge on any atom is 0.162 e. The number of benzene rings is 3. The van der Waals surface area contributed by atoms with E-state index >= 15 is 0 Å².